The van der Waals surface area contributed by atoms with Crippen molar-refractivity contribution < 1.29 is 4.79 Å². The van der Waals surface area contributed by atoms with Crippen LogP contribution in [0.3, 0.4) is 0 Å². The Morgan fingerprint density at radius 2 is 2.21 bits per heavy atom. The van der Waals surface area contributed by atoms with Gasteiger partial charge in [-0.05, 0) is 56.4 Å². The van der Waals surface area contributed by atoms with E-state index < -0.39 is 0 Å². The molecule has 0 aromatic heterocycles. The van der Waals surface area contributed by atoms with E-state index in [-0.39, 0.29) is 5.78 Å². The Balaban J connectivity index is 1.91. The molecule has 1 aliphatic rings. The van der Waals surface area contributed by atoms with Crippen molar-refractivity contribution >= 4 is 11.5 Å². The number of rotatable bonds is 7. The molecule has 102 valence electrons. The number of fused-ring (bicyclic) bond motifs is 1. The molecule has 0 atom stereocenters. The first kappa shape index (κ1) is 13.9. The second-order valence-corrected chi connectivity index (χ2v) is 5.27. The second kappa shape index (κ2) is 6.55. The second-order valence-electron chi connectivity index (χ2n) is 5.27. The molecule has 1 aromatic carbocycles. The standard InChI is InChI=1S/C17H23NO/c1-3-4-5-6-7-11-18-12-10-16-13-15(14(2)19)8-9-17(16)18/h3,8-9,13H,1,4-7,10-12H2,2H3. The number of anilines is 1. The Labute approximate surface area is 116 Å². The minimum Gasteiger partial charge on any atom is -0.371 e. The van der Waals surface area contributed by atoms with Crippen molar-refractivity contribution in [1.29, 1.82) is 0 Å². The molecule has 0 saturated carbocycles. The molecule has 1 aliphatic heterocycles. The van der Waals surface area contributed by atoms with Gasteiger partial charge in [-0.25, -0.2) is 0 Å². The number of ketones is 1. The molecule has 0 N–H and O–H groups in total. The number of benzene rings is 1. The predicted molar refractivity (Wildman–Crippen MR) is 81.0 cm³/mol. The van der Waals surface area contributed by atoms with Crippen LogP contribution in [0.25, 0.3) is 0 Å². The number of carbonyl (C=O) groups excluding carboxylic acids is 1. The molecule has 1 heterocycles. The molecule has 0 amide bonds. The highest BCUT2D eigenvalue weighted by Gasteiger charge is 2.19. The van der Waals surface area contributed by atoms with Gasteiger partial charge in [0.05, 0.1) is 0 Å². The SMILES string of the molecule is C=CCCCCCN1CCc2cc(C(C)=O)ccc21. The highest BCUT2D eigenvalue weighted by Crippen LogP contribution is 2.29. The molecule has 0 unspecified atom stereocenters. The van der Waals surface area contributed by atoms with E-state index in [1.807, 2.05) is 12.1 Å². The van der Waals surface area contributed by atoms with E-state index in [4.69, 9.17) is 0 Å². The molecule has 0 bridgehead atoms. The fraction of sp³-hybridized carbons (Fsp3) is 0.471. The molecule has 0 radical (unpaired) electrons. The summed E-state index contributed by atoms with van der Waals surface area (Å²) in [5.74, 6) is 0.158. The van der Waals surface area contributed by atoms with Crippen molar-refractivity contribution in [3.63, 3.8) is 0 Å². The summed E-state index contributed by atoms with van der Waals surface area (Å²) in [7, 11) is 0. The van der Waals surface area contributed by atoms with Crippen LogP contribution in [0.1, 0.15) is 48.5 Å². The summed E-state index contributed by atoms with van der Waals surface area (Å²) < 4.78 is 0. The number of hydrogen-bond donors (Lipinski definition) is 0. The molecule has 2 nitrogen and oxygen atoms in total. The van der Waals surface area contributed by atoms with E-state index in [0.29, 0.717) is 0 Å². The third-order valence-electron chi connectivity index (χ3n) is 3.81. The van der Waals surface area contributed by atoms with Crippen LogP contribution < -0.4 is 4.90 Å². The van der Waals surface area contributed by atoms with Gasteiger partial charge >= 0.3 is 0 Å². The first-order valence-corrected chi connectivity index (χ1v) is 7.22. The number of carbonyl (C=O) groups is 1. The normalized spacial score (nSPS) is 13.4. The van der Waals surface area contributed by atoms with Crippen LogP contribution in [-0.2, 0) is 6.42 Å². The molecule has 2 rings (SSSR count). The van der Waals surface area contributed by atoms with Crippen LogP contribution in [0.15, 0.2) is 30.9 Å². The van der Waals surface area contributed by atoms with Gasteiger partial charge in [0.2, 0.25) is 0 Å². The van der Waals surface area contributed by atoms with Gasteiger partial charge in [-0.2, -0.15) is 0 Å². The summed E-state index contributed by atoms with van der Waals surface area (Å²) in [5.41, 5.74) is 3.50. The lowest BCUT2D eigenvalue weighted by Gasteiger charge is -2.19. The predicted octanol–water partition coefficient (Wildman–Crippen LogP) is 4.00. The summed E-state index contributed by atoms with van der Waals surface area (Å²) in [4.78, 5) is 13.8. The van der Waals surface area contributed by atoms with Gasteiger partial charge in [0.25, 0.3) is 0 Å². The van der Waals surface area contributed by atoms with Crippen molar-refractivity contribution in [3.8, 4) is 0 Å². The molecule has 0 fully saturated rings. The third-order valence-corrected chi connectivity index (χ3v) is 3.81. The van der Waals surface area contributed by atoms with Crippen LogP contribution in [0.2, 0.25) is 0 Å². The van der Waals surface area contributed by atoms with E-state index in [1.165, 1.54) is 30.5 Å². The summed E-state index contributed by atoms with van der Waals surface area (Å²) in [6.07, 6.45) is 7.94. The topological polar surface area (TPSA) is 20.3 Å². The lowest BCUT2D eigenvalue weighted by Crippen LogP contribution is -2.21. The fourth-order valence-electron chi connectivity index (χ4n) is 2.69. The smallest absolute Gasteiger partial charge is 0.159 e. The minimum absolute atomic E-state index is 0.158. The molecular formula is C17H23NO. The van der Waals surface area contributed by atoms with Crippen LogP contribution >= 0.6 is 0 Å². The Kier molecular flexibility index (Phi) is 4.78. The fourth-order valence-corrected chi connectivity index (χ4v) is 2.69. The van der Waals surface area contributed by atoms with E-state index in [1.54, 1.807) is 6.92 Å². The summed E-state index contributed by atoms with van der Waals surface area (Å²) in [6.45, 7) is 7.61. The number of allylic oxidation sites excluding steroid dienone is 1. The molecule has 0 saturated heterocycles. The van der Waals surface area contributed by atoms with Crippen LogP contribution in [0, 0.1) is 0 Å². The molecule has 0 aliphatic carbocycles. The highest BCUT2D eigenvalue weighted by molar-refractivity contribution is 5.94. The third kappa shape index (κ3) is 3.46. The zero-order valence-electron chi connectivity index (χ0n) is 11.8. The molecule has 0 spiro atoms. The van der Waals surface area contributed by atoms with Gasteiger partial charge in [0.15, 0.2) is 5.78 Å². The Bertz CT molecular complexity index is 464. The summed E-state index contributed by atoms with van der Waals surface area (Å²) in [6, 6.07) is 6.13. The van der Waals surface area contributed by atoms with Crippen molar-refractivity contribution in [2.75, 3.05) is 18.0 Å². The van der Waals surface area contributed by atoms with E-state index in [9.17, 15) is 4.79 Å². The van der Waals surface area contributed by atoms with E-state index in [2.05, 4.69) is 23.6 Å². The maximum atomic E-state index is 11.4. The van der Waals surface area contributed by atoms with E-state index in [0.717, 1.165) is 31.5 Å². The van der Waals surface area contributed by atoms with Crippen molar-refractivity contribution in [1.82, 2.24) is 0 Å². The van der Waals surface area contributed by atoms with E-state index >= 15 is 0 Å². The van der Waals surface area contributed by atoms with Gasteiger partial charge in [-0.15, -0.1) is 6.58 Å². The maximum absolute atomic E-state index is 11.4. The number of nitrogens with zero attached hydrogens (tertiary/aromatic N) is 1. The first-order valence-electron chi connectivity index (χ1n) is 7.22. The molecular weight excluding hydrogens is 234 g/mol. The number of hydrogen-bond acceptors (Lipinski definition) is 2. The van der Waals surface area contributed by atoms with Gasteiger partial charge < -0.3 is 4.90 Å². The maximum Gasteiger partial charge on any atom is 0.159 e. The largest absolute Gasteiger partial charge is 0.371 e. The summed E-state index contributed by atoms with van der Waals surface area (Å²) >= 11 is 0. The zero-order valence-corrected chi connectivity index (χ0v) is 11.8. The monoisotopic (exact) mass is 257 g/mol. The van der Waals surface area contributed by atoms with Crippen LogP contribution in [0.4, 0.5) is 5.69 Å². The number of Topliss-reactive ketones (excluding diaryl/α,β-unsaturated/α-hetero) is 1. The minimum atomic E-state index is 0.158. The van der Waals surface area contributed by atoms with Crippen molar-refractivity contribution in [2.24, 2.45) is 0 Å². The Morgan fingerprint density at radius 3 is 2.95 bits per heavy atom. The number of unbranched alkanes of at least 4 members (excludes halogenated alkanes) is 3. The summed E-state index contributed by atoms with van der Waals surface area (Å²) in [5, 5.41) is 0. The average Bonchev–Trinajstić information content (AvgIpc) is 2.81. The van der Waals surface area contributed by atoms with Crippen molar-refractivity contribution in [2.45, 2.75) is 39.0 Å². The average molecular weight is 257 g/mol. The van der Waals surface area contributed by atoms with Crippen molar-refractivity contribution in [3.05, 3.63) is 42.0 Å². The Hall–Kier alpha value is -1.57. The van der Waals surface area contributed by atoms with Crippen LogP contribution in [-0.4, -0.2) is 18.9 Å². The molecule has 2 heteroatoms. The van der Waals surface area contributed by atoms with Gasteiger partial charge in [-0.1, -0.05) is 12.5 Å². The van der Waals surface area contributed by atoms with Gasteiger partial charge in [0, 0.05) is 24.3 Å². The van der Waals surface area contributed by atoms with Crippen LogP contribution in [0.5, 0.6) is 0 Å². The lowest BCUT2D eigenvalue weighted by molar-refractivity contribution is 0.101. The quantitative estimate of drug-likeness (QED) is 0.418. The lowest BCUT2D eigenvalue weighted by atomic mass is 10.1. The Morgan fingerprint density at radius 1 is 1.37 bits per heavy atom. The molecule has 1 aromatic rings. The first-order chi connectivity index (χ1) is 9.22. The molecule has 19 heavy (non-hydrogen) atoms. The highest BCUT2D eigenvalue weighted by atomic mass is 16.1. The van der Waals surface area contributed by atoms with Gasteiger partial charge in [0.1, 0.15) is 0 Å². The zero-order chi connectivity index (χ0) is 13.7. The van der Waals surface area contributed by atoms with Gasteiger partial charge in [-0.3, -0.25) is 4.79 Å².